The summed E-state index contributed by atoms with van der Waals surface area (Å²) in [6, 6.07) is 18.0. The maximum atomic E-state index is 5.53. The zero-order chi connectivity index (χ0) is 16.8. The topological polar surface area (TPSA) is 33.3 Å². The minimum atomic E-state index is 0.370. The van der Waals surface area contributed by atoms with E-state index in [9.17, 15) is 0 Å². The Labute approximate surface area is 149 Å². The third-order valence-corrected chi connectivity index (χ3v) is 5.38. The summed E-state index contributed by atoms with van der Waals surface area (Å²) < 4.78 is 5.53. The molecule has 128 valence electrons. The van der Waals surface area contributed by atoms with Crippen molar-refractivity contribution in [2.24, 2.45) is 0 Å². The molecule has 0 radical (unpaired) electrons. The average molecular weight is 343 g/mol. The lowest BCUT2D eigenvalue weighted by Gasteiger charge is -2.34. The smallest absolute Gasteiger partial charge is 0.123 e. The van der Waals surface area contributed by atoms with Gasteiger partial charge in [-0.1, -0.05) is 30.3 Å². The highest BCUT2D eigenvalue weighted by molar-refractivity contribution is 7.98. The molecule has 0 unspecified atom stereocenters. The van der Waals surface area contributed by atoms with Crippen LogP contribution in [-0.4, -0.2) is 26.0 Å². The van der Waals surface area contributed by atoms with Crippen molar-refractivity contribution >= 4 is 11.8 Å². The average Bonchev–Trinajstić information content (AvgIpc) is 2.67. The van der Waals surface area contributed by atoms with Crippen LogP contribution in [0.1, 0.15) is 30.0 Å². The van der Waals surface area contributed by atoms with Crippen LogP contribution in [0.25, 0.3) is 0 Å². The van der Waals surface area contributed by atoms with Crippen molar-refractivity contribution in [1.82, 2.24) is 10.6 Å². The predicted molar refractivity (Wildman–Crippen MR) is 102 cm³/mol. The van der Waals surface area contributed by atoms with E-state index in [1.54, 1.807) is 18.9 Å². The van der Waals surface area contributed by atoms with E-state index in [0.717, 1.165) is 18.8 Å². The van der Waals surface area contributed by atoms with Crippen LogP contribution in [0, 0.1) is 0 Å². The van der Waals surface area contributed by atoms with Crippen molar-refractivity contribution in [2.45, 2.75) is 36.4 Å². The van der Waals surface area contributed by atoms with Gasteiger partial charge in [0.15, 0.2) is 0 Å². The maximum absolute atomic E-state index is 5.53. The van der Waals surface area contributed by atoms with Gasteiger partial charge in [-0.3, -0.25) is 0 Å². The zero-order valence-corrected chi connectivity index (χ0v) is 15.2. The molecule has 1 aliphatic rings. The third-order valence-electron chi connectivity index (χ3n) is 4.66. The summed E-state index contributed by atoms with van der Waals surface area (Å²) in [6.45, 7) is 1.91. The van der Waals surface area contributed by atoms with Crippen molar-refractivity contribution in [3.8, 4) is 5.75 Å². The molecule has 4 heteroatoms. The number of thioether (sulfide) groups is 1. The molecule has 1 saturated heterocycles. The van der Waals surface area contributed by atoms with Crippen LogP contribution in [-0.2, 0) is 6.54 Å². The highest BCUT2D eigenvalue weighted by atomic mass is 32.2. The fourth-order valence-corrected chi connectivity index (χ4v) is 3.84. The van der Waals surface area contributed by atoms with Crippen LogP contribution in [0.15, 0.2) is 53.4 Å². The molecule has 2 atom stereocenters. The third kappa shape index (κ3) is 4.12. The summed E-state index contributed by atoms with van der Waals surface area (Å²) in [4.78, 5) is 1.27. The fraction of sp³-hybridized carbons (Fsp3) is 0.400. The van der Waals surface area contributed by atoms with E-state index in [0.29, 0.717) is 12.1 Å². The van der Waals surface area contributed by atoms with Crippen molar-refractivity contribution in [1.29, 1.82) is 0 Å². The van der Waals surface area contributed by atoms with Gasteiger partial charge in [-0.25, -0.2) is 0 Å². The molecule has 0 aromatic heterocycles. The minimum absolute atomic E-state index is 0.370. The number of methoxy groups -OCH3 is 1. The molecule has 0 saturated carbocycles. The summed E-state index contributed by atoms with van der Waals surface area (Å²) in [5, 5.41) is 7.44. The van der Waals surface area contributed by atoms with E-state index in [-0.39, 0.29) is 0 Å². The molecule has 0 bridgehead atoms. The van der Waals surface area contributed by atoms with Gasteiger partial charge < -0.3 is 15.4 Å². The standard InChI is InChI=1S/C20H26N2OS/c1-23-19-11-10-17(24-2)13-16(19)14-22-18-9-6-12-21-20(18)15-7-4-3-5-8-15/h3-5,7-8,10-11,13,18,20-22H,6,9,12,14H2,1-2H3/t18-,20-/m0/s1. The monoisotopic (exact) mass is 342 g/mol. The zero-order valence-electron chi connectivity index (χ0n) is 14.4. The van der Waals surface area contributed by atoms with Gasteiger partial charge in [-0.15, -0.1) is 11.8 Å². The lowest BCUT2D eigenvalue weighted by molar-refractivity contribution is 0.302. The summed E-state index contributed by atoms with van der Waals surface area (Å²) in [7, 11) is 1.74. The Hall–Kier alpha value is -1.49. The summed E-state index contributed by atoms with van der Waals surface area (Å²) in [5.74, 6) is 0.959. The fourth-order valence-electron chi connectivity index (χ4n) is 3.38. The lowest BCUT2D eigenvalue weighted by Crippen LogP contribution is -2.45. The number of nitrogens with one attached hydrogen (secondary N) is 2. The molecule has 0 aliphatic carbocycles. The van der Waals surface area contributed by atoms with Gasteiger partial charge >= 0.3 is 0 Å². The first kappa shape index (κ1) is 17.3. The van der Waals surface area contributed by atoms with Gasteiger partial charge in [-0.2, -0.15) is 0 Å². The number of piperidine rings is 1. The van der Waals surface area contributed by atoms with E-state index in [4.69, 9.17) is 4.74 Å². The SMILES string of the molecule is COc1ccc(SC)cc1CN[C@H]1CCCN[C@H]1c1ccccc1. The quantitative estimate of drug-likeness (QED) is 0.778. The highest BCUT2D eigenvalue weighted by Gasteiger charge is 2.25. The van der Waals surface area contributed by atoms with Gasteiger partial charge in [-0.05, 0) is 49.4 Å². The molecule has 2 aromatic carbocycles. The van der Waals surface area contributed by atoms with E-state index in [1.165, 1.54) is 28.9 Å². The first-order chi connectivity index (χ1) is 11.8. The molecular weight excluding hydrogens is 316 g/mol. The number of ether oxygens (including phenoxy) is 1. The van der Waals surface area contributed by atoms with Crippen molar-refractivity contribution < 1.29 is 4.74 Å². The van der Waals surface area contributed by atoms with Crippen LogP contribution >= 0.6 is 11.8 Å². The van der Waals surface area contributed by atoms with Crippen molar-refractivity contribution in [3.05, 3.63) is 59.7 Å². The van der Waals surface area contributed by atoms with E-state index < -0.39 is 0 Å². The predicted octanol–water partition coefficient (Wildman–Crippen LogP) is 4.00. The molecular formula is C20H26N2OS. The molecule has 3 rings (SSSR count). The number of rotatable bonds is 6. The molecule has 1 fully saturated rings. The first-order valence-corrected chi connectivity index (χ1v) is 9.77. The second-order valence-electron chi connectivity index (χ2n) is 6.15. The van der Waals surface area contributed by atoms with Crippen molar-refractivity contribution in [2.75, 3.05) is 19.9 Å². The maximum Gasteiger partial charge on any atom is 0.123 e. The Morgan fingerprint density at radius 1 is 1.21 bits per heavy atom. The van der Waals surface area contributed by atoms with Crippen LogP contribution in [0.3, 0.4) is 0 Å². The van der Waals surface area contributed by atoms with Gasteiger partial charge in [0.05, 0.1) is 7.11 Å². The van der Waals surface area contributed by atoms with Crippen molar-refractivity contribution in [3.63, 3.8) is 0 Å². The molecule has 1 heterocycles. The first-order valence-electron chi connectivity index (χ1n) is 8.54. The molecule has 1 aliphatic heterocycles. The number of hydrogen-bond donors (Lipinski definition) is 2. The van der Waals surface area contributed by atoms with Gasteiger partial charge in [0, 0.05) is 29.1 Å². The molecule has 0 amide bonds. The molecule has 2 N–H and O–H groups in total. The number of benzene rings is 2. The second kappa shape index (κ2) is 8.56. The van der Waals surface area contributed by atoms with Gasteiger partial charge in [0.1, 0.15) is 5.75 Å². The molecule has 2 aromatic rings. The molecule has 0 spiro atoms. The van der Waals surface area contributed by atoms with E-state index >= 15 is 0 Å². The highest BCUT2D eigenvalue weighted by Crippen LogP contribution is 2.27. The van der Waals surface area contributed by atoms with Crippen LogP contribution in [0.2, 0.25) is 0 Å². The second-order valence-corrected chi connectivity index (χ2v) is 7.03. The minimum Gasteiger partial charge on any atom is -0.496 e. The molecule has 24 heavy (non-hydrogen) atoms. The van der Waals surface area contributed by atoms with E-state index in [1.807, 2.05) is 0 Å². The Morgan fingerprint density at radius 3 is 2.79 bits per heavy atom. The van der Waals surface area contributed by atoms with Crippen LogP contribution in [0.4, 0.5) is 0 Å². The summed E-state index contributed by atoms with van der Waals surface area (Å²) >= 11 is 1.77. The summed E-state index contributed by atoms with van der Waals surface area (Å²) in [6.07, 6.45) is 4.51. The number of hydrogen-bond acceptors (Lipinski definition) is 4. The Bertz CT molecular complexity index is 647. The lowest BCUT2D eigenvalue weighted by atomic mass is 9.92. The summed E-state index contributed by atoms with van der Waals surface area (Å²) in [5.41, 5.74) is 2.58. The molecule has 3 nitrogen and oxygen atoms in total. The normalized spacial score (nSPS) is 20.8. The Kier molecular flexibility index (Phi) is 6.18. The van der Waals surface area contributed by atoms with Crippen LogP contribution in [0.5, 0.6) is 5.75 Å². The van der Waals surface area contributed by atoms with Gasteiger partial charge in [0.25, 0.3) is 0 Å². The Morgan fingerprint density at radius 2 is 2.04 bits per heavy atom. The van der Waals surface area contributed by atoms with E-state index in [2.05, 4.69) is 65.4 Å². The largest absolute Gasteiger partial charge is 0.496 e. The Balaban J connectivity index is 1.72. The van der Waals surface area contributed by atoms with Gasteiger partial charge in [0.2, 0.25) is 0 Å². The van der Waals surface area contributed by atoms with Crippen LogP contribution < -0.4 is 15.4 Å².